The Balaban J connectivity index is 2.10. The Morgan fingerprint density at radius 1 is 1.16 bits per heavy atom. The van der Waals surface area contributed by atoms with Crippen LogP contribution < -0.4 is 5.73 Å². The predicted octanol–water partition coefficient (Wildman–Crippen LogP) is 3.09. The number of benzene rings is 1. The quantitative estimate of drug-likeness (QED) is 0.914. The summed E-state index contributed by atoms with van der Waals surface area (Å²) in [5.41, 5.74) is 8.27. The molecule has 2 N–H and O–H groups in total. The van der Waals surface area contributed by atoms with E-state index < -0.39 is 0 Å². The van der Waals surface area contributed by atoms with E-state index in [1.54, 1.807) is 0 Å². The van der Waals surface area contributed by atoms with Crippen molar-refractivity contribution in [2.75, 3.05) is 5.73 Å². The molecule has 1 aromatic heterocycles. The van der Waals surface area contributed by atoms with Crippen LogP contribution in [0, 0.1) is 0 Å². The monoisotopic (exact) mass is 253 g/mol. The van der Waals surface area contributed by atoms with Gasteiger partial charge in [-0.25, -0.2) is 9.97 Å². The Morgan fingerprint density at radius 2 is 1.89 bits per heavy atom. The van der Waals surface area contributed by atoms with Crippen molar-refractivity contribution in [2.24, 2.45) is 0 Å². The van der Waals surface area contributed by atoms with Crippen molar-refractivity contribution >= 4 is 5.82 Å². The normalized spacial score (nSPS) is 16.9. The molecule has 1 saturated carbocycles. The maximum Gasteiger partial charge on any atom is 0.141 e. The third-order valence-electron chi connectivity index (χ3n) is 4.12. The molecule has 0 bridgehead atoms. The van der Waals surface area contributed by atoms with Gasteiger partial charge in [-0.1, -0.05) is 43.7 Å². The van der Waals surface area contributed by atoms with E-state index in [0.29, 0.717) is 5.82 Å². The zero-order valence-electron chi connectivity index (χ0n) is 11.3. The highest BCUT2D eigenvalue weighted by molar-refractivity contribution is 5.39. The number of aromatic nitrogens is 2. The fraction of sp³-hybridized carbons (Fsp3) is 0.375. The molecule has 0 saturated heterocycles. The second kappa shape index (κ2) is 4.65. The molecule has 0 radical (unpaired) electrons. The van der Waals surface area contributed by atoms with Crippen LogP contribution >= 0.6 is 0 Å². The van der Waals surface area contributed by atoms with Crippen LogP contribution in [-0.2, 0) is 11.8 Å². The summed E-state index contributed by atoms with van der Waals surface area (Å²) in [5.74, 6) is 1.49. The van der Waals surface area contributed by atoms with Gasteiger partial charge < -0.3 is 5.73 Å². The Hall–Kier alpha value is -1.90. The van der Waals surface area contributed by atoms with Crippen LogP contribution in [0.1, 0.15) is 43.3 Å². The van der Waals surface area contributed by atoms with Gasteiger partial charge in [0.25, 0.3) is 0 Å². The van der Waals surface area contributed by atoms with Gasteiger partial charge in [-0.15, -0.1) is 0 Å². The third kappa shape index (κ3) is 1.99. The summed E-state index contributed by atoms with van der Waals surface area (Å²) in [7, 11) is 0. The first-order valence-electron chi connectivity index (χ1n) is 6.94. The van der Waals surface area contributed by atoms with Gasteiger partial charge in [-0.2, -0.15) is 0 Å². The molecule has 1 heterocycles. The highest BCUT2D eigenvalue weighted by atomic mass is 15.0. The third-order valence-corrected chi connectivity index (χ3v) is 4.12. The number of anilines is 1. The molecule has 0 atom stereocenters. The van der Waals surface area contributed by atoms with Crippen LogP contribution in [0.5, 0.6) is 0 Å². The van der Waals surface area contributed by atoms with Gasteiger partial charge in [0, 0.05) is 11.8 Å². The smallest absolute Gasteiger partial charge is 0.141 e. The lowest BCUT2D eigenvalue weighted by molar-refractivity contribution is 0.285. The van der Waals surface area contributed by atoms with Gasteiger partial charge in [0.2, 0.25) is 0 Å². The Morgan fingerprint density at radius 3 is 2.47 bits per heavy atom. The molecule has 1 aromatic carbocycles. The molecule has 2 aromatic rings. The lowest BCUT2D eigenvalue weighted by atomic mass is 9.64. The van der Waals surface area contributed by atoms with Crippen LogP contribution in [0.15, 0.2) is 36.4 Å². The molecule has 3 heteroatoms. The molecule has 1 aliphatic rings. The molecule has 3 rings (SSSR count). The maximum atomic E-state index is 5.94. The second-order valence-corrected chi connectivity index (χ2v) is 5.26. The van der Waals surface area contributed by atoms with E-state index in [1.807, 2.05) is 12.1 Å². The average Bonchev–Trinajstić information content (AvgIpc) is 2.38. The zero-order valence-corrected chi connectivity index (χ0v) is 11.3. The minimum absolute atomic E-state index is 0.0133. The fourth-order valence-electron chi connectivity index (χ4n) is 2.84. The maximum absolute atomic E-state index is 5.94. The molecule has 0 spiro atoms. The Kier molecular flexibility index (Phi) is 2.97. The molecule has 1 aliphatic carbocycles. The lowest BCUT2D eigenvalue weighted by Crippen LogP contribution is -2.37. The van der Waals surface area contributed by atoms with Crippen LogP contribution in [0.4, 0.5) is 5.82 Å². The molecular formula is C16H19N3. The van der Waals surface area contributed by atoms with E-state index >= 15 is 0 Å². The van der Waals surface area contributed by atoms with Crippen LogP contribution in [-0.4, -0.2) is 9.97 Å². The molecule has 0 aliphatic heterocycles. The molecule has 0 amide bonds. The number of nitrogen functional groups attached to an aromatic ring is 1. The van der Waals surface area contributed by atoms with E-state index in [-0.39, 0.29) is 5.41 Å². The van der Waals surface area contributed by atoms with Crippen molar-refractivity contribution in [1.29, 1.82) is 0 Å². The van der Waals surface area contributed by atoms with E-state index in [4.69, 9.17) is 10.7 Å². The SMILES string of the molecule is CCc1cc(N)nc(C2(c3ccccc3)CCC2)n1. The summed E-state index contributed by atoms with van der Waals surface area (Å²) in [5, 5.41) is 0. The Labute approximate surface area is 113 Å². The van der Waals surface area contributed by atoms with Gasteiger partial charge in [0.15, 0.2) is 0 Å². The summed E-state index contributed by atoms with van der Waals surface area (Å²) in [6.45, 7) is 2.10. The largest absolute Gasteiger partial charge is 0.384 e. The number of rotatable bonds is 3. The standard InChI is InChI=1S/C16H19N3/c1-2-13-11-14(17)19-15(18-13)16(9-6-10-16)12-7-4-3-5-8-12/h3-5,7-8,11H,2,6,9-10H2,1H3,(H2,17,18,19). The van der Waals surface area contributed by atoms with Crippen molar-refractivity contribution < 1.29 is 0 Å². The topological polar surface area (TPSA) is 51.8 Å². The van der Waals surface area contributed by atoms with Crippen molar-refractivity contribution in [2.45, 2.75) is 38.0 Å². The number of aryl methyl sites for hydroxylation is 1. The van der Waals surface area contributed by atoms with Crippen LogP contribution in [0.2, 0.25) is 0 Å². The lowest BCUT2D eigenvalue weighted by Gasteiger charge is -2.41. The molecular weight excluding hydrogens is 234 g/mol. The predicted molar refractivity (Wildman–Crippen MR) is 76.9 cm³/mol. The highest BCUT2D eigenvalue weighted by Crippen LogP contribution is 2.47. The summed E-state index contributed by atoms with van der Waals surface area (Å²) < 4.78 is 0. The molecule has 1 fully saturated rings. The summed E-state index contributed by atoms with van der Waals surface area (Å²) in [6.07, 6.45) is 4.35. The van der Waals surface area contributed by atoms with Gasteiger partial charge >= 0.3 is 0 Å². The first kappa shape index (κ1) is 12.2. The minimum Gasteiger partial charge on any atom is -0.384 e. The number of nitrogens with two attached hydrogens (primary N) is 1. The van der Waals surface area contributed by atoms with E-state index in [2.05, 4.69) is 36.2 Å². The average molecular weight is 253 g/mol. The van der Waals surface area contributed by atoms with Gasteiger partial charge in [0.05, 0.1) is 5.41 Å². The van der Waals surface area contributed by atoms with Crippen molar-refractivity contribution in [3.63, 3.8) is 0 Å². The highest BCUT2D eigenvalue weighted by Gasteiger charge is 2.43. The first-order chi connectivity index (χ1) is 9.24. The number of hydrogen-bond acceptors (Lipinski definition) is 3. The van der Waals surface area contributed by atoms with Crippen LogP contribution in [0.3, 0.4) is 0 Å². The first-order valence-corrected chi connectivity index (χ1v) is 6.94. The van der Waals surface area contributed by atoms with Crippen molar-refractivity contribution in [3.05, 3.63) is 53.5 Å². The summed E-state index contributed by atoms with van der Waals surface area (Å²) in [6, 6.07) is 12.5. The van der Waals surface area contributed by atoms with Crippen LogP contribution in [0.25, 0.3) is 0 Å². The van der Waals surface area contributed by atoms with Crippen molar-refractivity contribution in [3.8, 4) is 0 Å². The van der Waals surface area contributed by atoms with E-state index in [1.165, 1.54) is 12.0 Å². The minimum atomic E-state index is -0.0133. The number of hydrogen-bond donors (Lipinski definition) is 1. The summed E-state index contributed by atoms with van der Waals surface area (Å²) in [4.78, 5) is 9.25. The molecule has 19 heavy (non-hydrogen) atoms. The van der Waals surface area contributed by atoms with Crippen molar-refractivity contribution in [1.82, 2.24) is 9.97 Å². The van der Waals surface area contributed by atoms with E-state index in [0.717, 1.165) is 30.8 Å². The zero-order chi connectivity index (χ0) is 13.3. The van der Waals surface area contributed by atoms with Gasteiger partial charge in [0.1, 0.15) is 11.6 Å². The molecule has 98 valence electrons. The van der Waals surface area contributed by atoms with Gasteiger partial charge in [-0.3, -0.25) is 0 Å². The number of nitrogens with zero attached hydrogens (tertiary/aromatic N) is 2. The van der Waals surface area contributed by atoms with Gasteiger partial charge in [-0.05, 0) is 24.8 Å². The summed E-state index contributed by atoms with van der Waals surface area (Å²) >= 11 is 0. The van der Waals surface area contributed by atoms with E-state index in [9.17, 15) is 0 Å². The molecule has 3 nitrogen and oxygen atoms in total. The molecule has 0 unspecified atom stereocenters. The fourth-order valence-corrected chi connectivity index (χ4v) is 2.84. The Bertz CT molecular complexity index is 574. The second-order valence-electron chi connectivity index (χ2n) is 5.26.